The van der Waals surface area contributed by atoms with Crippen LogP contribution in [0.15, 0.2) is 4.99 Å². The fourth-order valence-electron chi connectivity index (χ4n) is 2.62. The van der Waals surface area contributed by atoms with Gasteiger partial charge in [-0.1, -0.05) is 26.2 Å². The van der Waals surface area contributed by atoms with E-state index in [-0.39, 0.29) is 24.0 Å². The first-order valence-corrected chi connectivity index (χ1v) is 8.85. The van der Waals surface area contributed by atoms with Crippen LogP contribution in [0.4, 0.5) is 0 Å². The van der Waals surface area contributed by atoms with E-state index in [1.54, 1.807) is 0 Å². The summed E-state index contributed by atoms with van der Waals surface area (Å²) in [7, 11) is 1.83. The molecular formula is C17H36IN3O. The number of guanidine groups is 1. The standard InChI is InChI=1S/C17H35N3O.HI/c1-4-15(2)20-17(18-3)19-13-9-6-10-14-21-16-11-7-5-8-12-16;/h15-16H,4-14H2,1-3H3,(H2,18,19,20);1H. The van der Waals surface area contributed by atoms with Gasteiger partial charge in [0.15, 0.2) is 5.96 Å². The van der Waals surface area contributed by atoms with Crippen LogP contribution in [0.1, 0.15) is 71.6 Å². The zero-order valence-corrected chi connectivity index (χ0v) is 17.0. The molecule has 2 N–H and O–H groups in total. The highest BCUT2D eigenvalue weighted by Gasteiger charge is 2.12. The van der Waals surface area contributed by atoms with Gasteiger partial charge in [-0.25, -0.2) is 0 Å². The first-order valence-electron chi connectivity index (χ1n) is 8.85. The molecule has 1 atom stereocenters. The van der Waals surface area contributed by atoms with Gasteiger partial charge in [-0.3, -0.25) is 4.99 Å². The minimum atomic E-state index is 0. The molecule has 1 aliphatic rings. The molecule has 0 saturated heterocycles. The molecule has 5 heteroatoms. The van der Waals surface area contributed by atoms with Crippen LogP contribution in [0, 0.1) is 0 Å². The third-order valence-electron chi connectivity index (χ3n) is 4.24. The van der Waals surface area contributed by atoms with Gasteiger partial charge in [-0.05, 0) is 45.4 Å². The van der Waals surface area contributed by atoms with Gasteiger partial charge in [0.05, 0.1) is 6.10 Å². The van der Waals surface area contributed by atoms with Crippen LogP contribution in [0.3, 0.4) is 0 Å². The number of nitrogens with zero attached hydrogens (tertiary/aromatic N) is 1. The van der Waals surface area contributed by atoms with Crippen molar-refractivity contribution in [3.05, 3.63) is 0 Å². The number of aliphatic imine (C=N–C) groups is 1. The van der Waals surface area contributed by atoms with Crippen molar-refractivity contribution in [3.8, 4) is 0 Å². The Balaban J connectivity index is 0.00000441. The lowest BCUT2D eigenvalue weighted by atomic mass is 9.98. The summed E-state index contributed by atoms with van der Waals surface area (Å²) >= 11 is 0. The maximum Gasteiger partial charge on any atom is 0.191 e. The lowest BCUT2D eigenvalue weighted by molar-refractivity contribution is 0.0264. The summed E-state index contributed by atoms with van der Waals surface area (Å²) in [6.07, 6.45) is 11.9. The van der Waals surface area contributed by atoms with Crippen molar-refractivity contribution in [3.63, 3.8) is 0 Å². The molecule has 0 radical (unpaired) electrons. The molecule has 1 unspecified atom stereocenters. The number of hydrogen-bond donors (Lipinski definition) is 2. The molecule has 22 heavy (non-hydrogen) atoms. The summed E-state index contributed by atoms with van der Waals surface area (Å²) in [6, 6.07) is 0.472. The number of rotatable bonds is 9. The highest BCUT2D eigenvalue weighted by Crippen LogP contribution is 2.20. The Kier molecular flexibility index (Phi) is 14.5. The monoisotopic (exact) mass is 425 g/mol. The number of hydrogen-bond acceptors (Lipinski definition) is 2. The molecule has 132 valence electrons. The maximum absolute atomic E-state index is 5.94. The normalized spacial score (nSPS) is 17.7. The Hall–Kier alpha value is -0.0400. The maximum atomic E-state index is 5.94. The van der Waals surface area contributed by atoms with Gasteiger partial charge in [0, 0.05) is 26.2 Å². The highest BCUT2D eigenvalue weighted by atomic mass is 127. The van der Waals surface area contributed by atoms with Crippen LogP contribution < -0.4 is 10.6 Å². The molecule has 0 heterocycles. The lowest BCUT2D eigenvalue weighted by Crippen LogP contribution is -2.42. The number of halogens is 1. The summed E-state index contributed by atoms with van der Waals surface area (Å²) in [4.78, 5) is 4.24. The van der Waals surface area contributed by atoms with Gasteiger partial charge >= 0.3 is 0 Å². The molecule has 1 aliphatic carbocycles. The summed E-state index contributed by atoms with van der Waals surface area (Å²) in [5, 5.41) is 6.75. The molecule has 0 spiro atoms. The molecule has 4 nitrogen and oxygen atoms in total. The zero-order valence-electron chi connectivity index (χ0n) is 14.7. The fourth-order valence-corrected chi connectivity index (χ4v) is 2.62. The lowest BCUT2D eigenvalue weighted by Gasteiger charge is -2.21. The highest BCUT2D eigenvalue weighted by molar-refractivity contribution is 14.0. The Morgan fingerprint density at radius 1 is 1.18 bits per heavy atom. The smallest absolute Gasteiger partial charge is 0.191 e. The van der Waals surface area contributed by atoms with E-state index in [4.69, 9.17) is 4.74 Å². The van der Waals surface area contributed by atoms with Crippen LogP contribution in [0.25, 0.3) is 0 Å². The summed E-state index contributed by atoms with van der Waals surface area (Å²) < 4.78 is 5.94. The Bertz CT molecular complexity index is 281. The van der Waals surface area contributed by atoms with Crippen LogP contribution in [-0.4, -0.2) is 38.3 Å². The van der Waals surface area contributed by atoms with Gasteiger partial charge in [-0.2, -0.15) is 0 Å². The number of nitrogens with one attached hydrogen (secondary N) is 2. The number of unbranched alkanes of at least 4 members (excludes halogenated alkanes) is 2. The van der Waals surface area contributed by atoms with Crippen LogP contribution in [-0.2, 0) is 4.74 Å². The predicted molar refractivity (Wildman–Crippen MR) is 106 cm³/mol. The van der Waals surface area contributed by atoms with E-state index in [2.05, 4.69) is 29.5 Å². The van der Waals surface area contributed by atoms with Crippen molar-refractivity contribution < 1.29 is 4.74 Å². The van der Waals surface area contributed by atoms with Crippen molar-refractivity contribution in [2.24, 2.45) is 4.99 Å². The average Bonchev–Trinajstić information content (AvgIpc) is 2.53. The summed E-state index contributed by atoms with van der Waals surface area (Å²) in [5.74, 6) is 0.919. The van der Waals surface area contributed by atoms with Gasteiger partial charge in [0.25, 0.3) is 0 Å². The van der Waals surface area contributed by atoms with E-state index in [0.29, 0.717) is 12.1 Å². The Morgan fingerprint density at radius 2 is 1.91 bits per heavy atom. The quantitative estimate of drug-likeness (QED) is 0.253. The van der Waals surface area contributed by atoms with Crippen LogP contribution >= 0.6 is 24.0 Å². The third kappa shape index (κ3) is 10.6. The van der Waals surface area contributed by atoms with Crippen LogP contribution in [0.5, 0.6) is 0 Å². The molecule has 1 fully saturated rings. The van der Waals surface area contributed by atoms with Gasteiger partial charge in [-0.15, -0.1) is 24.0 Å². The molecule has 0 aromatic carbocycles. The first-order chi connectivity index (χ1) is 10.3. The van der Waals surface area contributed by atoms with Gasteiger partial charge in [0.1, 0.15) is 0 Å². The number of ether oxygens (including phenoxy) is 1. The second-order valence-electron chi connectivity index (χ2n) is 6.14. The predicted octanol–water partition coefficient (Wildman–Crippen LogP) is 4.09. The van der Waals surface area contributed by atoms with Gasteiger partial charge in [0.2, 0.25) is 0 Å². The van der Waals surface area contributed by atoms with E-state index in [9.17, 15) is 0 Å². The zero-order chi connectivity index (χ0) is 15.3. The molecule has 0 aromatic rings. The topological polar surface area (TPSA) is 45.7 Å². The first kappa shape index (κ1) is 22.0. The van der Waals surface area contributed by atoms with Crippen molar-refractivity contribution >= 4 is 29.9 Å². The van der Waals surface area contributed by atoms with Crippen molar-refractivity contribution in [2.75, 3.05) is 20.2 Å². The van der Waals surface area contributed by atoms with E-state index < -0.39 is 0 Å². The molecule has 0 aromatic heterocycles. The van der Waals surface area contributed by atoms with Crippen LogP contribution in [0.2, 0.25) is 0 Å². The molecule has 0 aliphatic heterocycles. The van der Waals surface area contributed by atoms with Crippen molar-refractivity contribution in [1.82, 2.24) is 10.6 Å². The molecule has 1 saturated carbocycles. The fraction of sp³-hybridized carbons (Fsp3) is 0.941. The van der Waals surface area contributed by atoms with Gasteiger partial charge < -0.3 is 15.4 Å². The minimum Gasteiger partial charge on any atom is -0.378 e. The summed E-state index contributed by atoms with van der Waals surface area (Å²) in [5.41, 5.74) is 0. The second kappa shape index (κ2) is 14.5. The molecule has 0 amide bonds. The van der Waals surface area contributed by atoms with E-state index in [1.807, 2.05) is 7.05 Å². The van der Waals surface area contributed by atoms with E-state index in [0.717, 1.165) is 25.5 Å². The van der Waals surface area contributed by atoms with E-state index >= 15 is 0 Å². The summed E-state index contributed by atoms with van der Waals surface area (Å²) in [6.45, 7) is 6.27. The molecular weight excluding hydrogens is 389 g/mol. The molecule has 0 bridgehead atoms. The third-order valence-corrected chi connectivity index (χ3v) is 4.24. The minimum absolute atomic E-state index is 0. The largest absolute Gasteiger partial charge is 0.378 e. The van der Waals surface area contributed by atoms with Crippen molar-refractivity contribution in [2.45, 2.75) is 83.8 Å². The Morgan fingerprint density at radius 3 is 2.55 bits per heavy atom. The molecule has 1 rings (SSSR count). The average molecular weight is 425 g/mol. The van der Waals surface area contributed by atoms with Crippen molar-refractivity contribution in [1.29, 1.82) is 0 Å². The van der Waals surface area contributed by atoms with E-state index in [1.165, 1.54) is 51.4 Å². The SMILES string of the molecule is CCC(C)NC(=NC)NCCCCCOC1CCCCC1.I. The second-order valence-corrected chi connectivity index (χ2v) is 6.14. The Labute approximate surface area is 154 Å².